The highest BCUT2D eigenvalue weighted by molar-refractivity contribution is 5.68. The van der Waals surface area contributed by atoms with Crippen LogP contribution in [0, 0.1) is 5.41 Å². The van der Waals surface area contributed by atoms with Crippen LogP contribution in [0.4, 0.5) is 0 Å². The van der Waals surface area contributed by atoms with Crippen LogP contribution in [-0.2, 0) is 57.2 Å². The Balaban J connectivity index is 0. The van der Waals surface area contributed by atoms with Crippen LogP contribution in [-0.4, -0.2) is 75.0 Å². The first-order valence-corrected chi connectivity index (χ1v) is 9.51. The molecule has 12 nitrogen and oxygen atoms in total. The van der Waals surface area contributed by atoms with Crippen LogP contribution in [0.2, 0.25) is 0 Å². The Morgan fingerprint density at radius 2 is 0.812 bits per heavy atom. The van der Waals surface area contributed by atoms with Gasteiger partial charge in [0, 0.05) is 41.5 Å². The Labute approximate surface area is 186 Å². The zero-order chi connectivity index (χ0) is 25.3. The molecule has 0 N–H and O–H groups in total. The monoisotopic (exact) mass is 464 g/mol. The number of hydrogen-bond acceptors (Lipinski definition) is 12. The zero-order valence-corrected chi connectivity index (χ0v) is 19.5. The second-order valence-corrected chi connectivity index (χ2v) is 6.99. The van der Waals surface area contributed by atoms with E-state index in [2.05, 4.69) is 9.47 Å². The molecule has 12 heteroatoms. The number of carbonyl (C=O) groups excluding carboxylic acids is 6. The minimum absolute atomic E-state index is 0.0168. The van der Waals surface area contributed by atoms with Crippen LogP contribution in [0.5, 0.6) is 0 Å². The highest BCUT2D eigenvalue weighted by Gasteiger charge is 2.29. The Morgan fingerprint density at radius 3 is 1.03 bits per heavy atom. The third kappa shape index (κ3) is 21.5. The summed E-state index contributed by atoms with van der Waals surface area (Å²) in [5.41, 5.74) is -0.733. The lowest BCUT2D eigenvalue weighted by Crippen LogP contribution is -2.36. The molecule has 0 heterocycles. The summed E-state index contributed by atoms with van der Waals surface area (Å²) < 4.78 is 28.6. The van der Waals surface area contributed by atoms with Crippen molar-refractivity contribution >= 4 is 35.8 Å². The first kappa shape index (κ1) is 31.0. The molecule has 0 saturated carbocycles. The average molecular weight is 464 g/mol. The summed E-state index contributed by atoms with van der Waals surface area (Å²) >= 11 is 0. The maximum absolute atomic E-state index is 10.7. The van der Waals surface area contributed by atoms with Gasteiger partial charge in [-0.25, -0.2) is 0 Å². The lowest BCUT2D eigenvalue weighted by molar-refractivity contribution is -0.163. The van der Waals surface area contributed by atoms with Gasteiger partial charge in [0.15, 0.2) is 6.10 Å². The molecule has 0 amide bonds. The summed E-state index contributed by atoms with van der Waals surface area (Å²) in [4.78, 5) is 63.8. The van der Waals surface area contributed by atoms with E-state index in [1.54, 1.807) is 6.92 Å². The van der Waals surface area contributed by atoms with Crippen molar-refractivity contribution in [3.05, 3.63) is 0 Å². The SMILES string of the molecule is CC(=O)OCC(C)(COC(C)=O)COC(C)=O.CC(=O)OCC(COC(C)=O)OC(C)=O. The summed E-state index contributed by atoms with van der Waals surface area (Å²) in [6.07, 6.45) is -0.754. The summed E-state index contributed by atoms with van der Waals surface area (Å²) in [6.45, 7) is 9.01. The zero-order valence-electron chi connectivity index (χ0n) is 19.5. The molecule has 0 spiro atoms. The molecule has 0 radical (unpaired) electrons. The number of ether oxygens (including phenoxy) is 6. The molecule has 184 valence electrons. The molecule has 0 aromatic rings. The van der Waals surface area contributed by atoms with Gasteiger partial charge in [0.2, 0.25) is 0 Å². The third-order valence-electron chi connectivity index (χ3n) is 3.15. The van der Waals surface area contributed by atoms with Gasteiger partial charge in [0.05, 0.1) is 5.41 Å². The third-order valence-corrected chi connectivity index (χ3v) is 3.15. The van der Waals surface area contributed by atoms with E-state index in [9.17, 15) is 28.8 Å². The molecule has 0 bridgehead atoms. The Kier molecular flexibility index (Phi) is 16.0. The molecule has 0 aliphatic rings. The normalized spacial score (nSPS) is 10.1. The van der Waals surface area contributed by atoms with Crippen LogP contribution in [0.1, 0.15) is 48.5 Å². The fraction of sp³-hybridized carbons (Fsp3) is 0.700. The van der Waals surface area contributed by atoms with E-state index in [-0.39, 0.29) is 33.0 Å². The van der Waals surface area contributed by atoms with Gasteiger partial charge in [0.25, 0.3) is 0 Å². The van der Waals surface area contributed by atoms with Crippen molar-refractivity contribution in [3.8, 4) is 0 Å². The number of esters is 6. The van der Waals surface area contributed by atoms with Crippen molar-refractivity contribution in [2.24, 2.45) is 5.41 Å². The van der Waals surface area contributed by atoms with Crippen LogP contribution < -0.4 is 0 Å². The van der Waals surface area contributed by atoms with E-state index >= 15 is 0 Å². The molecule has 0 saturated heterocycles. The van der Waals surface area contributed by atoms with Crippen LogP contribution >= 0.6 is 0 Å². The molecule has 0 unspecified atom stereocenters. The summed E-state index contributed by atoms with van der Waals surface area (Å²) in [5.74, 6) is -2.84. The van der Waals surface area contributed by atoms with Crippen molar-refractivity contribution in [1.82, 2.24) is 0 Å². The van der Waals surface area contributed by atoms with Gasteiger partial charge in [-0.2, -0.15) is 0 Å². The van der Waals surface area contributed by atoms with Gasteiger partial charge >= 0.3 is 35.8 Å². The molecule has 0 fully saturated rings. The molecule has 0 aliphatic carbocycles. The second kappa shape index (κ2) is 16.5. The summed E-state index contributed by atoms with van der Waals surface area (Å²) in [7, 11) is 0. The second-order valence-electron chi connectivity index (χ2n) is 6.99. The van der Waals surface area contributed by atoms with Crippen LogP contribution in [0.3, 0.4) is 0 Å². The highest BCUT2D eigenvalue weighted by Crippen LogP contribution is 2.18. The molecule has 0 rings (SSSR count). The van der Waals surface area contributed by atoms with Crippen molar-refractivity contribution < 1.29 is 57.2 Å². The molecular weight excluding hydrogens is 432 g/mol. The fourth-order valence-electron chi connectivity index (χ4n) is 1.72. The van der Waals surface area contributed by atoms with Crippen molar-refractivity contribution in [3.63, 3.8) is 0 Å². The first-order valence-electron chi connectivity index (χ1n) is 9.51. The van der Waals surface area contributed by atoms with E-state index in [1.165, 1.54) is 41.5 Å². The van der Waals surface area contributed by atoms with Gasteiger partial charge in [-0.1, -0.05) is 0 Å². The molecule has 0 aliphatic heterocycles. The van der Waals surface area contributed by atoms with E-state index in [0.29, 0.717) is 0 Å². The van der Waals surface area contributed by atoms with E-state index in [4.69, 9.17) is 18.9 Å². The smallest absolute Gasteiger partial charge is 0.303 e. The predicted molar refractivity (Wildman–Crippen MR) is 107 cm³/mol. The minimum atomic E-state index is -0.754. The van der Waals surface area contributed by atoms with Gasteiger partial charge in [-0.05, 0) is 6.92 Å². The van der Waals surface area contributed by atoms with Gasteiger partial charge in [0.1, 0.15) is 33.0 Å². The fourth-order valence-corrected chi connectivity index (χ4v) is 1.72. The van der Waals surface area contributed by atoms with Gasteiger partial charge in [-0.15, -0.1) is 0 Å². The van der Waals surface area contributed by atoms with E-state index in [0.717, 1.165) is 0 Å². The predicted octanol–water partition coefficient (Wildman–Crippen LogP) is 0.726. The molecular formula is C20H32O12. The standard InChI is InChI=1S/C11H18O6.C9H14O6/c1-8(12)15-5-11(4,6-16-9(2)13)7-17-10(3)14;1-6(10)13-4-9(15-8(3)12)5-14-7(2)11/h5-7H2,1-4H3;9H,4-5H2,1-3H3. The number of hydrogen-bond donors (Lipinski definition) is 0. The molecule has 0 aromatic heterocycles. The number of rotatable bonds is 11. The Bertz CT molecular complexity index is 591. The minimum Gasteiger partial charge on any atom is -0.465 e. The number of carbonyl (C=O) groups is 6. The average Bonchev–Trinajstić information content (AvgIpc) is 2.65. The van der Waals surface area contributed by atoms with Crippen LogP contribution in [0.15, 0.2) is 0 Å². The highest BCUT2D eigenvalue weighted by atomic mass is 16.6. The molecule has 32 heavy (non-hydrogen) atoms. The van der Waals surface area contributed by atoms with Crippen molar-refractivity contribution in [2.45, 2.75) is 54.6 Å². The molecule has 0 atom stereocenters. The summed E-state index contributed by atoms with van der Waals surface area (Å²) in [6, 6.07) is 0. The topological polar surface area (TPSA) is 158 Å². The van der Waals surface area contributed by atoms with E-state index < -0.39 is 47.3 Å². The summed E-state index contributed by atoms with van der Waals surface area (Å²) in [5, 5.41) is 0. The van der Waals surface area contributed by atoms with E-state index in [1.807, 2.05) is 0 Å². The maximum Gasteiger partial charge on any atom is 0.303 e. The van der Waals surface area contributed by atoms with Gasteiger partial charge < -0.3 is 28.4 Å². The largest absolute Gasteiger partial charge is 0.465 e. The Morgan fingerprint density at radius 1 is 0.531 bits per heavy atom. The maximum atomic E-state index is 10.7. The molecule has 0 aromatic carbocycles. The van der Waals surface area contributed by atoms with Crippen molar-refractivity contribution in [1.29, 1.82) is 0 Å². The van der Waals surface area contributed by atoms with Gasteiger partial charge in [-0.3, -0.25) is 28.8 Å². The first-order chi connectivity index (χ1) is 14.7. The lowest BCUT2D eigenvalue weighted by Gasteiger charge is -2.27. The van der Waals surface area contributed by atoms with Crippen molar-refractivity contribution in [2.75, 3.05) is 33.0 Å². The van der Waals surface area contributed by atoms with Crippen LogP contribution in [0.25, 0.3) is 0 Å². The lowest BCUT2D eigenvalue weighted by atomic mass is 9.94. The quantitative estimate of drug-likeness (QED) is 0.312. The Hall–Kier alpha value is -3.18.